The summed E-state index contributed by atoms with van der Waals surface area (Å²) in [6, 6.07) is 12.2. The predicted molar refractivity (Wildman–Crippen MR) is 109 cm³/mol. The Hall–Kier alpha value is -1.98. The summed E-state index contributed by atoms with van der Waals surface area (Å²) in [5.74, 6) is -0.371. The van der Waals surface area contributed by atoms with Gasteiger partial charge in [0.25, 0.3) is 0 Å². The molecule has 1 N–H and O–H groups in total. The van der Waals surface area contributed by atoms with Crippen molar-refractivity contribution in [2.45, 2.75) is 46.5 Å². The Bertz CT molecular complexity index is 758. The summed E-state index contributed by atoms with van der Waals surface area (Å²) >= 11 is 1.59. The Kier molecular flexibility index (Phi) is 7.75. The van der Waals surface area contributed by atoms with Crippen molar-refractivity contribution < 1.29 is 19.4 Å². The van der Waals surface area contributed by atoms with Crippen LogP contribution in [0.25, 0.3) is 10.4 Å². The number of carbonyl (C=O) groups excluding carboxylic acids is 2. The van der Waals surface area contributed by atoms with Crippen molar-refractivity contribution in [1.29, 1.82) is 0 Å². The highest BCUT2D eigenvalue weighted by Crippen LogP contribution is 2.33. The lowest BCUT2D eigenvalue weighted by atomic mass is 9.78. The third-order valence-electron chi connectivity index (χ3n) is 4.96. The van der Waals surface area contributed by atoms with Gasteiger partial charge in [-0.25, -0.2) is 0 Å². The molecule has 2 rings (SSSR count). The van der Waals surface area contributed by atoms with Gasteiger partial charge in [-0.1, -0.05) is 43.7 Å². The van der Waals surface area contributed by atoms with E-state index in [0.717, 1.165) is 27.3 Å². The Labute approximate surface area is 165 Å². The number of rotatable bonds is 10. The largest absolute Gasteiger partial charge is 0.464 e. The maximum atomic E-state index is 12.4. The number of ether oxygens (including phenoxy) is 1. The number of hydrogen-bond acceptors (Lipinski definition) is 5. The molecule has 27 heavy (non-hydrogen) atoms. The molecular formula is C22H28O4S. The number of benzene rings is 1. The smallest absolute Gasteiger partial charge is 0.311 e. The van der Waals surface area contributed by atoms with Gasteiger partial charge in [0.1, 0.15) is 12.4 Å². The second kappa shape index (κ2) is 9.81. The van der Waals surface area contributed by atoms with E-state index in [1.807, 2.05) is 44.2 Å². The zero-order valence-electron chi connectivity index (χ0n) is 16.3. The molecule has 0 saturated heterocycles. The van der Waals surface area contributed by atoms with Crippen molar-refractivity contribution >= 4 is 23.1 Å². The molecule has 0 saturated carbocycles. The van der Waals surface area contributed by atoms with E-state index in [-0.39, 0.29) is 31.4 Å². The van der Waals surface area contributed by atoms with Crippen LogP contribution in [0.2, 0.25) is 0 Å². The molecule has 0 spiro atoms. The number of Topliss-reactive ketones (excluding diaryl/α,β-unsaturated/α-hetero) is 1. The summed E-state index contributed by atoms with van der Waals surface area (Å²) in [6.07, 6.45) is 1.91. The van der Waals surface area contributed by atoms with Crippen LogP contribution in [0.3, 0.4) is 0 Å². The van der Waals surface area contributed by atoms with E-state index in [2.05, 4.69) is 6.07 Å². The zero-order valence-corrected chi connectivity index (χ0v) is 17.1. The van der Waals surface area contributed by atoms with E-state index in [4.69, 9.17) is 4.74 Å². The minimum Gasteiger partial charge on any atom is -0.464 e. The van der Waals surface area contributed by atoms with Crippen molar-refractivity contribution in [2.75, 3.05) is 13.2 Å². The first-order valence-electron chi connectivity index (χ1n) is 9.34. The molecule has 1 aromatic carbocycles. The standard InChI is InChI=1S/C22H28O4S/c1-4-10-22(11-12-23,17(3)24)15-26-21(25)14-19-16(2)13-20(27-19)18-8-6-5-7-9-18/h5-9,13,23H,4,10-12,14-15H2,1-3H3. The summed E-state index contributed by atoms with van der Waals surface area (Å²) in [5, 5.41) is 9.33. The predicted octanol–water partition coefficient (Wildman–Crippen LogP) is 4.57. The number of thiophene rings is 1. The van der Waals surface area contributed by atoms with Gasteiger partial charge >= 0.3 is 5.97 Å². The van der Waals surface area contributed by atoms with E-state index in [1.54, 1.807) is 11.3 Å². The van der Waals surface area contributed by atoms with Crippen LogP contribution in [0.5, 0.6) is 0 Å². The molecule has 2 aromatic rings. The first-order chi connectivity index (χ1) is 12.9. The molecule has 1 aromatic heterocycles. The number of aliphatic hydroxyl groups excluding tert-OH is 1. The molecule has 1 atom stereocenters. The first-order valence-corrected chi connectivity index (χ1v) is 10.2. The fourth-order valence-electron chi connectivity index (χ4n) is 3.26. The minimum absolute atomic E-state index is 0.0333. The minimum atomic E-state index is -0.779. The van der Waals surface area contributed by atoms with Gasteiger partial charge in [0.05, 0.1) is 11.8 Å². The molecular weight excluding hydrogens is 360 g/mol. The van der Waals surface area contributed by atoms with Crippen molar-refractivity contribution in [3.05, 3.63) is 46.8 Å². The Balaban J connectivity index is 2.05. The lowest BCUT2D eigenvalue weighted by molar-refractivity contribution is -0.150. The van der Waals surface area contributed by atoms with E-state index < -0.39 is 5.41 Å². The lowest BCUT2D eigenvalue weighted by Gasteiger charge is -2.29. The Morgan fingerprint density at radius 1 is 1.19 bits per heavy atom. The summed E-state index contributed by atoms with van der Waals surface area (Å²) < 4.78 is 5.48. The maximum absolute atomic E-state index is 12.4. The Morgan fingerprint density at radius 3 is 2.48 bits per heavy atom. The second-order valence-electron chi connectivity index (χ2n) is 6.98. The van der Waals surface area contributed by atoms with Gasteiger partial charge in [-0.2, -0.15) is 0 Å². The number of esters is 1. The normalized spacial score (nSPS) is 13.2. The average Bonchev–Trinajstić information content (AvgIpc) is 3.01. The summed E-state index contributed by atoms with van der Waals surface area (Å²) in [5.41, 5.74) is 1.42. The van der Waals surface area contributed by atoms with Crippen LogP contribution in [0.1, 0.15) is 43.6 Å². The van der Waals surface area contributed by atoms with Crippen LogP contribution >= 0.6 is 11.3 Å². The first kappa shape index (κ1) is 21.3. The third kappa shape index (κ3) is 5.50. The van der Waals surface area contributed by atoms with E-state index >= 15 is 0 Å². The fraction of sp³-hybridized carbons (Fsp3) is 0.455. The molecule has 1 heterocycles. The number of aliphatic hydroxyl groups is 1. The third-order valence-corrected chi connectivity index (χ3v) is 6.25. The molecule has 146 valence electrons. The summed E-state index contributed by atoms with van der Waals surface area (Å²) in [7, 11) is 0. The highest BCUT2D eigenvalue weighted by molar-refractivity contribution is 7.15. The van der Waals surface area contributed by atoms with Crippen LogP contribution in [-0.2, 0) is 20.7 Å². The van der Waals surface area contributed by atoms with Gasteiger partial charge in [0, 0.05) is 16.4 Å². The SMILES string of the molecule is CCCC(CCO)(COC(=O)Cc1sc(-c2ccccc2)cc1C)C(C)=O. The molecule has 0 aliphatic carbocycles. The van der Waals surface area contributed by atoms with Crippen molar-refractivity contribution in [1.82, 2.24) is 0 Å². The van der Waals surface area contributed by atoms with Crippen LogP contribution in [0.15, 0.2) is 36.4 Å². The molecule has 5 heteroatoms. The van der Waals surface area contributed by atoms with Crippen LogP contribution in [-0.4, -0.2) is 30.1 Å². The van der Waals surface area contributed by atoms with Gasteiger partial charge in [0.2, 0.25) is 0 Å². The molecule has 1 unspecified atom stereocenters. The van der Waals surface area contributed by atoms with E-state index in [9.17, 15) is 14.7 Å². The summed E-state index contributed by atoms with van der Waals surface area (Å²) in [6.45, 7) is 5.42. The highest BCUT2D eigenvalue weighted by Gasteiger charge is 2.35. The molecule has 4 nitrogen and oxygen atoms in total. The summed E-state index contributed by atoms with van der Waals surface area (Å²) in [4.78, 5) is 26.6. The van der Waals surface area contributed by atoms with Crippen molar-refractivity contribution in [3.8, 4) is 10.4 Å². The van der Waals surface area contributed by atoms with Gasteiger partial charge in [-0.15, -0.1) is 11.3 Å². The van der Waals surface area contributed by atoms with Crippen LogP contribution in [0, 0.1) is 12.3 Å². The van der Waals surface area contributed by atoms with Crippen molar-refractivity contribution in [2.24, 2.45) is 5.41 Å². The molecule has 0 aliphatic rings. The number of ketones is 1. The van der Waals surface area contributed by atoms with Gasteiger partial charge in [0.15, 0.2) is 0 Å². The number of carbonyl (C=O) groups is 2. The molecule has 0 fully saturated rings. The van der Waals surface area contributed by atoms with Gasteiger partial charge < -0.3 is 9.84 Å². The second-order valence-corrected chi connectivity index (χ2v) is 8.12. The van der Waals surface area contributed by atoms with E-state index in [1.165, 1.54) is 6.92 Å². The van der Waals surface area contributed by atoms with E-state index in [0.29, 0.717) is 12.8 Å². The molecule has 0 aliphatic heterocycles. The van der Waals surface area contributed by atoms with Crippen LogP contribution < -0.4 is 0 Å². The quantitative estimate of drug-likeness (QED) is 0.606. The van der Waals surface area contributed by atoms with Gasteiger partial charge in [-0.3, -0.25) is 9.59 Å². The molecule has 0 bridgehead atoms. The molecule has 0 amide bonds. The Morgan fingerprint density at radius 2 is 1.89 bits per heavy atom. The zero-order chi connectivity index (χ0) is 19.9. The lowest BCUT2D eigenvalue weighted by Crippen LogP contribution is -2.36. The monoisotopic (exact) mass is 388 g/mol. The fourth-order valence-corrected chi connectivity index (χ4v) is 4.42. The topological polar surface area (TPSA) is 63.6 Å². The highest BCUT2D eigenvalue weighted by atomic mass is 32.1. The average molecular weight is 389 g/mol. The van der Waals surface area contributed by atoms with Crippen LogP contribution in [0.4, 0.5) is 0 Å². The van der Waals surface area contributed by atoms with Crippen molar-refractivity contribution in [3.63, 3.8) is 0 Å². The number of hydrogen-bond donors (Lipinski definition) is 1. The maximum Gasteiger partial charge on any atom is 0.311 e. The van der Waals surface area contributed by atoms with Gasteiger partial charge in [-0.05, 0) is 43.9 Å². The molecule has 0 radical (unpaired) electrons. The number of aryl methyl sites for hydroxylation is 1.